The molecule has 0 heterocycles. The van der Waals surface area contributed by atoms with Crippen molar-refractivity contribution in [2.75, 3.05) is 0 Å². The Hall–Kier alpha value is -0.930. The fraction of sp³-hybridized carbons (Fsp3) is 0.111. The van der Waals surface area contributed by atoms with Gasteiger partial charge in [0.05, 0.1) is 10.3 Å². The van der Waals surface area contributed by atoms with Crippen LogP contribution in [0.3, 0.4) is 0 Å². The zero-order chi connectivity index (χ0) is 14.6. The molecule has 0 saturated carbocycles. The predicted octanol–water partition coefficient (Wildman–Crippen LogP) is 1.91. The van der Waals surface area contributed by atoms with E-state index in [1.54, 1.807) is 6.07 Å². The molecular formula is C9H11ClO6S2. The lowest BCUT2D eigenvalue weighted by Gasteiger charge is -2.02. The van der Waals surface area contributed by atoms with E-state index in [1.165, 1.54) is 19.1 Å². The van der Waals surface area contributed by atoms with E-state index in [1.807, 2.05) is 0 Å². The molecule has 1 rings (SSSR count). The van der Waals surface area contributed by atoms with Gasteiger partial charge in [0.1, 0.15) is 0 Å². The van der Waals surface area contributed by atoms with Gasteiger partial charge in [0, 0.05) is 5.02 Å². The lowest BCUT2D eigenvalue weighted by Crippen LogP contribution is -2.00. The molecule has 6 nitrogen and oxygen atoms in total. The van der Waals surface area contributed by atoms with E-state index in [9.17, 15) is 16.8 Å². The second-order valence-electron chi connectivity index (χ2n) is 3.02. The maximum atomic E-state index is 10.7. The molecule has 0 amide bonds. The third-order valence-corrected chi connectivity index (χ3v) is 3.54. The van der Waals surface area contributed by atoms with Crippen molar-refractivity contribution in [3.8, 4) is 0 Å². The number of rotatable bonds is 2. The minimum atomic E-state index is -4.14. The first-order valence-corrected chi connectivity index (χ1v) is 7.63. The van der Waals surface area contributed by atoms with Gasteiger partial charge in [0.25, 0.3) is 20.2 Å². The Balaban J connectivity index is 0.000000411. The van der Waals surface area contributed by atoms with Gasteiger partial charge in [-0.2, -0.15) is 16.8 Å². The summed E-state index contributed by atoms with van der Waals surface area (Å²) in [6, 6.07) is 4.33. The summed E-state index contributed by atoms with van der Waals surface area (Å²) < 4.78 is 56.7. The molecule has 0 atom stereocenters. The fourth-order valence-corrected chi connectivity index (χ4v) is 1.85. The van der Waals surface area contributed by atoms with Crippen LogP contribution in [0.5, 0.6) is 0 Å². The molecule has 0 aromatic heterocycles. The lowest BCUT2D eigenvalue weighted by atomic mass is 10.2. The molecule has 0 aliphatic carbocycles. The molecule has 0 aliphatic heterocycles. The first-order chi connectivity index (χ1) is 7.99. The Morgan fingerprint density at radius 2 is 1.67 bits per heavy atom. The molecule has 0 spiro atoms. The first kappa shape index (κ1) is 17.1. The van der Waals surface area contributed by atoms with E-state index < -0.39 is 20.2 Å². The summed E-state index contributed by atoms with van der Waals surface area (Å²) in [4.78, 5) is -0.144. The second kappa shape index (κ2) is 6.30. The van der Waals surface area contributed by atoms with Crippen molar-refractivity contribution in [2.45, 2.75) is 11.8 Å². The van der Waals surface area contributed by atoms with E-state index in [0.29, 0.717) is 16.0 Å². The van der Waals surface area contributed by atoms with Crippen molar-refractivity contribution < 1.29 is 25.9 Å². The van der Waals surface area contributed by atoms with Gasteiger partial charge in [-0.25, -0.2) is 0 Å². The molecule has 0 bridgehead atoms. The van der Waals surface area contributed by atoms with Crippen LogP contribution in [-0.4, -0.2) is 25.9 Å². The minimum absolute atomic E-state index is 0.144. The van der Waals surface area contributed by atoms with Crippen molar-refractivity contribution in [2.24, 2.45) is 0 Å². The Morgan fingerprint density at radius 1 is 1.22 bits per heavy atom. The largest absolute Gasteiger partial charge is 0.294 e. The van der Waals surface area contributed by atoms with E-state index in [-0.39, 0.29) is 4.90 Å². The lowest BCUT2D eigenvalue weighted by molar-refractivity contribution is 0.482. The normalized spacial score (nSPS) is 11.3. The van der Waals surface area contributed by atoms with Gasteiger partial charge in [-0.3, -0.25) is 9.11 Å². The van der Waals surface area contributed by atoms with E-state index in [2.05, 4.69) is 6.58 Å². The van der Waals surface area contributed by atoms with Crippen molar-refractivity contribution in [3.63, 3.8) is 0 Å². The number of halogens is 1. The summed E-state index contributed by atoms with van der Waals surface area (Å²) in [5.74, 6) is 0. The summed E-state index contributed by atoms with van der Waals surface area (Å²) in [7, 11) is -8.04. The standard InChI is InChI=1S/C7H7ClO3S.C2H4O3S/c1-5-6(8)3-2-4-7(5)12(9,10)11;1-2-6(3,4)5/h2-4H,1H3,(H,9,10,11);2H,1H2,(H,3,4,5). The quantitative estimate of drug-likeness (QED) is 0.807. The highest BCUT2D eigenvalue weighted by Crippen LogP contribution is 2.21. The summed E-state index contributed by atoms with van der Waals surface area (Å²) in [5.41, 5.74) is 0.363. The summed E-state index contributed by atoms with van der Waals surface area (Å²) >= 11 is 5.64. The molecule has 102 valence electrons. The topological polar surface area (TPSA) is 109 Å². The average molecular weight is 315 g/mol. The molecule has 0 aliphatic rings. The van der Waals surface area contributed by atoms with Gasteiger partial charge >= 0.3 is 0 Å². The summed E-state index contributed by atoms with van der Waals surface area (Å²) in [6.45, 7) is 4.33. The van der Waals surface area contributed by atoms with Gasteiger partial charge in [-0.15, -0.1) is 0 Å². The Labute approximate surface area is 110 Å². The minimum Gasteiger partial charge on any atom is -0.282 e. The Bertz CT molecular complexity index is 621. The number of benzene rings is 1. The SMILES string of the molecule is C=CS(=O)(=O)O.Cc1c(Cl)cccc1S(=O)(=O)O. The predicted molar refractivity (Wildman–Crippen MR) is 67.7 cm³/mol. The zero-order valence-electron chi connectivity index (χ0n) is 9.24. The Kier molecular flexibility index (Phi) is 5.97. The van der Waals surface area contributed by atoms with Gasteiger partial charge in [-0.05, 0) is 24.6 Å². The fourth-order valence-electron chi connectivity index (χ4n) is 0.867. The van der Waals surface area contributed by atoms with E-state index in [4.69, 9.17) is 20.7 Å². The van der Waals surface area contributed by atoms with Crippen LogP contribution >= 0.6 is 11.6 Å². The van der Waals surface area contributed by atoms with Gasteiger partial charge in [-0.1, -0.05) is 24.2 Å². The number of hydrogen-bond donors (Lipinski definition) is 2. The monoisotopic (exact) mass is 314 g/mol. The van der Waals surface area contributed by atoms with Gasteiger partial charge in [0.2, 0.25) is 0 Å². The van der Waals surface area contributed by atoms with Crippen LogP contribution in [-0.2, 0) is 20.2 Å². The third kappa shape index (κ3) is 6.12. The molecule has 0 unspecified atom stereocenters. The molecule has 1 aromatic carbocycles. The molecule has 18 heavy (non-hydrogen) atoms. The van der Waals surface area contributed by atoms with Crippen LogP contribution in [0, 0.1) is 6.92 Å². The molecule has 1 aromatic rings. The van der Waals surface area contributed by atoms with Crippen LogP contribution in [0.15, 0.2) is 35.1 Å². The molecule has 9 heteroatoms. The number of hydrogen-bond acceptors (Lipinski definition) is 4. The highest BCUT2D eigenvalue weighted by molar-refractivity contribution is 7.88. The maximum Gasteiger partial charge on any atom is 0.294 e. The average Bonchev–Trinajstić information content (AvgIpc) is 2.20. The van der Waals surface area contributed by atoms with Crippen LogP contribution in [0.2, 0.25) is 5.02 Å². The van der Waals surface area contributed by atoms with Crippen molar-refractivity contribution in [1.29, 1.82) is 0 Å². The highest BCUT2D eigenvalue weighted by Gasteiger charge is 2.13. The summed E-state index contributed by atoms with van der Waals surface area (Å²) in [5, 5.41) is 0.789. The smallest absolute Gasteiger partial charge is 0.282 e. The molecule has 2 N–H and O–H groups in total. The van der Waals surface area contributed by atoms with Gasteiger partial charge in [0.15, 0.2) is 0 Å². The van der Waals surface area contributed by atoms with Crippen LogP contribution in [0.25, 0.3) is 0 Å². The van der Waals surface area contributed by atoms with E-state index >= 15 is 0 Å². The highest BCUT2D eigenvalue weighted by atomic mass is 35.5. The maximum absolute atomic E-state index is 10.7. The van der Waals surface area contributed by atoms with Crippen LogP contribution in [0.1, 0.15) is 5.56 Å². The molecule has 0 fully saturated rings. The van der Waals surface area contributed by atoms with Crippen LogP contribution < -0.4 is 0 Å². The molecular weight excluding hydrogens is 304 g/mol. The zero-order valence-corrected chi connectivity index (χ0v) is 11.6. The molecule has 0 radical (unpaired) electrons. The van der Waals surface area contributed by atoms with E-state index in [0.717, 1.165) is 0 Å². The molecule has 0 saturated heterocycles. The van der Waals surface area contributed by atoms with Crippen molar-refractivity contribution in [1.82, 2.24) is 0 Å². The van der Waals surface area contributed by atoms with Crippen molar-refractivity contribution >= 4 is 31.8 Å². The third-order valence-electron chi connectivity index (χ3n) is 1.71. The van der Waals surface area contributed by atoms with Gasteiger partial charge < -0.3 is 0 Å². The Morgan fingerprint density at radius 3 is 1.94 bits per heavy atom. The van der Waals surface area contributed by atoms with Crippen molar-refractivity contribution in [3.05, 3.63) is 40.8 Å². The van der Waals surface area contributed by atoms with Crippen LogP contribution in [0.4, 0.5) is 0 Å². The second-order valence-corrected chi connectivity index (χ2v) is 6.18. The summed E-state index contributed by atoms with van der Waals surface area (Å²) in [6.07, 6.45) is 0. The first-order valence-electron chi connectivity index (χ1n) is 4.31.